The molecule has 0 unspecified atom stereocenters. The second-order valence-electron chi connectivity index (χ2n) is 7.37. The van der Waals surface area contributed by atoms with Gasteiger partial charge in [-0.15, -0.1) is 11.3 Å². The lowest BCUT2D eigenvalue weighted by Gasteiger charge is -2.41. The number of likely N-dealkylation sites (tertiary alicyclic amines) is 1. The first-order chi connectivity index (χ1) is 13.6. The van der Waals surface area contributed by atoms with Crippen molar-refractivity contribution in [2.24, 2.45) is 5.41 Å². The van der Waals surface area contributed by atoms with Crippen LogP contribution < -0.4 is 5.32 Å². The van der Waals surface area contributed by atoms with Crippen LogP contribution in [0.3, 0.4) is 0 Å². The molecule has 3 rings (SSSR count). The summed E-state index contributed by atoms with van der Waals surface area (Å²) in [5, 5.41) is 4.90. The molecule has 0 bridgehead atoms. The molecule has 1 aliphatic heterocycles. The first-order valence-electron chi connectivity index (χ1n) is 9.70. The average molecular weight is 401 g/mol. The van der Waals surface area contributed by atoms with Crippen LogP contribution in [0.15, 0.2) is 41.8 Å². The molecular formula is C22H28N2O3S. The summed E-state index contributed by atoms with van der Waals surface area (Å²) >= 11 is 1.72. The van der Waals surface area contributed by atoms with Gasteiger partial charge in [0.1, 0.15) is 0 Å². The third-order valence-electron chi connectivity index (χ3n) is 5.46. The van der Waals surface area contributed by atoms with Crippen LogP contribution >= 0.6 is 11.3 Å². The highest BCUT2D eigenvalue weighted by molar-refractivity contribution is 7.13. The average Bonchev–Trinajstić information content (AvgIpc) is 3.27. The third kappa shape index (κ3) is 4.62. The van der Waals surface area contributed by atoms with Crippen LogP contribution in [-0.4, -0.2) is 50.6 Å². The molecule has 1 fully saturated rings. The van der Waals surface area contributed by atoms with E-state index in [0.717, 1.165) is 18.4 Å². The second kappa shape index (κ2) is 9.34. The normalized spacial score (nSPS) is 19.4. The van der Waals surface area contributed by atoms with E-state index in [-0.39, 0.29) is 11.8 Å². The van der Waals surface area contributed by atoms with Crippen molar-refractivity contribution in [3.63, 3.8) is 0 Å². The van der Waals surface area contributed by atoms with Crippen LogP contribution in [0.4, 0.5) is 0 Å². The number of thiophene rings is 1. The van der Waals surface area contributed by atoms with Gasteiger partial charge >= 0.3 is 0 Å². The van der Waals surface area contributed by atoms with Gasteiger partial charge in [0.2, 0.25) is 11.8 Å². The minimum absolute atomic E-state index is 0.0130. The molecule has 1 atom stereocenters. The van der Waals surface area contributed by atoms with Gasteiger partial charge < -0.3 is 15.0 Å². The monoisotopic (exact) mass is 400 g/mol. The molecule has 1 aliphatic rings. The number of amides is 2. The standard InChI is InChI=1S/C22H28N2O3S/c1-23-21(26)22(11-4-12-24(16-22)20(25)10-13-27-2)15-17-6-8-18(9-7-17)19-5-3-14-28-19/h3,5-9,14H,4,10-13,15-16H2,1-2H3,(H,23,26)/t22-/m1/s1. The Kier molecular flexibility index (Phi) is 6.86. The van der Waals surface area contributed by atoms with E-state index in [0.29, 0.717) is 32.5 Å². The van der Waals surface area contributed by atoms with Crippen molar-refractivity contribution in [2.75, 3.05) is 33.9 Å². The third-order valence-corrected chi connectivity index (χ3v) is 6.38. The van der Waals surface area contributed by atoms with Crippen LogP contribution in [0.1, 0.15) is 24.8 Å². The first kappa shape index (κ1) is 20.6. The number of rotatable bonds is 7. The Labute approximate surface area is 170 Å². The maximum Gasteiger partial charge on any atom is 0.228 e. The molecule has 0 saturated carbocycles. The van der Waals surface area contributed by atoms with Gasteiger partial charge in [0.05, 0.1) is 18.4 Å². The molecule has 0 spiro atoms. The predicted molar refractivity (Wildman–Crippen MR) is 112 cm³/mol. The zero-order chi connectivity index (χ0) is 20.0. The minimum atomic E-state index is -0.583. The van der Waals surface area contributed by atoms with Gasteiger partial charge in [-0.3, -0.25) is 9.59 Å². The van der Waals surface area contributed by atoms with Crippen LogP contribution in [0, 0.1) is 5.41 Å². The van der Waals surface area contributed by atoms with Gasteiger partial charge in [0.25, 0.3) is 0 Å². The number of methoxy groups -OCH3 is 1. The fourth-order valence-corrected chi connectivity index (χ4v) is 4.72. The molecule has 1 aromatic carbocycles. The van der Waals surface area contributed by atoms with Crippen molar-refractivity contribution in [3.8, 4) is 10.4 Å². The van der Waals surface area contributed by atoms with Crippen molar-refractivity contribution in [1.29, 1.82) is 0 Å². The number of carbonyl (C=O) groups excluding carboxylic acids is 2. The highest BCUT2D eigenvalue weighted by atomic mass is 32.1. The summed E-state index contributed by atoms with van der Waals surface area (Å²) in [6, 6.07) is 12.6. The predicted octanol–water partition coefficient (Wildman–Crippen LogP) is 3.35. The van der Waals surface area contributed by atoms with E-state index in [1.54, 1.807) is 25.5 Å². The molecule has 5 nitrogen and oxygen atoms in total. The molecular weight excluding hydrogens is 372 g/mol. The number of benzene rings is 1. The summed E-state index contributed by atoms with van der Waals surface area (Å²) in [7, 11) is 3.27. The van der Waals surface area contributed by atoms with Crippen molar-refractivity contribution >= 4 is 23.2 Å². The van der Waals surface area contributed by atoms with Crippen LogP contribution in [0.2, 0.25) is 0 Å². The van der Waals surface area contributed by atoms with Gasteiger partial charge in [0.15, 0.2) is 0 Å². The van der Waals surface area contributed by atoms with Crippen LogP contribution in [-0.2, 0) is 20.7 Å². The molecule has 1 saturated heterocycles. The molecule has 1 aromatic heterocycles. The SMILES string of the molecule is CNC(=O)[C@@]1(Cc2ccc(-c3cccs3)cc2)CCCN(C(=O)CCOC)C1. The fraction of sp³-hybridized carbons (Fsp3) is 0.455. The van der Waals surface area contributed by atoms with E-state index in [1.807, 2.05) is 11.0 Å². The number of hydrogen-bond donors (Lipinski definition) is 1. The van der Waals surface area contributed by atoms with E-state index in [4.69, 9.17) is 4.74 Å². The lowest BCUT2D eigenvalue weighted by molar-refractivity contribution is -0.141. The number of piperidine rings is 1. The summed E-state index contributed by atoms with van der Waals surface area (Å²) in [5.41, 5.74) is 1.73. The van der Waals surface area contributed by atoms with E-state index in [9.17, 15) is 9.59 Å². The number of carbonyl (C=O) groups is 2. The summed E-state index contributed by atoms with van der Waals surface area (Å²) in [6.07, 6.45) is 2.61. The van der Waals surface area contributed by atoms with Crippen molar-refractivity contribution < 1.29 is 14.3 Å². The lowest BCUT2D eigenvalue weighted by atomic mass is 9.74. The molecule has 0 aliphatic carbocycles. The van der Waals surface area contributed by atoms with E-state index >= 15 is 0 Å². The molecule has 1 N–H and O–H groups in total. The van der Waals surface area contributed by atoms with Gasteiger partial charge in [0, 0.05) is 32.1 Å². The molecule has 2 amide bonds. The quantitative estimate of drug-likeness (QED) is 0.775. The summed E-state index contributed by atoms with van der Waals surface area (Å²) < 4.78 is 5.04. The number of hydrogen-bond acceptors (Lipinski definition) is 4. The lowest BCUT2D eigenvalue weighted by Crippen LogP contribution is -2.54. The zero-order valence-electron chi connectivity index (χ0n) is 16.6. The molecule has 0 radical (unpaired) electrons. The smallest absolute Gasteiger partial charge is 0.228 e. The summed E-state index contributed by atoms with van der Waals surface area (Å²) in [6.45, 7) is 1.58. The second-order valence-corrected chi connectivity index (χ2v) is 8.32. The van der Waals surface area contributed by atoms with E-state index in [1.165, 1.54) is 10.4 Å². The Morgan fingerprint density at radius 3 is 2.68 bits per heavy atom. The van der Waals surface area contributed by atoms with Crippen molar-refractivity contribution in [3.05, 3.63) is 47.3 Å². The first-order valence-corrected chi connectivity index (χ1v) is 10.6. The molecule has 2 heterocycles. The maximum absolute atomic E-state index is 12.9. The fourth-order valence-electron chi connectivity index (χ4n) is 3.99. The zero-order valence-corrected chi connectivity index (χ0v) is 17.4. The topological polar surface area (TPSA) is 58.6 Å². The molecule has 150 valence electrons. The Morgan fingerprint density at radius 2 is 2.04 bits per heavy atom. The van der Waals surface area contributed by atoms with Gasteiger partial charge in [-0.05, 0) is 41.8 Å². The van der Waals surface area contributed by atoms with E-state index < -0.39 is 5.41 Å². The molecule has 6 heteroatoms. The summed E-state index contributed by atoms with van der Waals surface area (Å²) in [4.78, 5) is 28.4. The van der Waals surface area contributed by atoms with Gasteiger partial charge in [-0.1, -0.05) is 30.3 Å². The number of ether oxygens (including phenoxy) is 1. The van der Waals surface area contributed by atoms with Crippen molar-refractivity contribution in [1.82, 2.24) is 10.2 Å². The Balaban J connectivity index is 1.77. The largest absolute Gasteiger partial charge is 0.384 e. The Morgan fingerprint density at radius 1 is 1.25 bits per heavy atom. The van der Waals surface area contributed by atoms with Crippen molar-refractivity contribution in [2.45, 2.75) is 25.7 Å². The van der Waals surface area contributed by atoms with E-state index in [2.05, 4.69) is 41.0 Å². The highest BCUT2D eigenvalue weighted by Gasteiger charge is 2.42. The van der Waals surface area contributed by atoms with Gasteiger partial charge in [-0.2, -0.15) is 0 Å². The summed E-state index contributed by atoms with van der Waals surface area (Å²) in [5.74, 6) is 0.0712. The maximum atomic E-state index is 12.9. The Bertz CT molecular complexity index is 789. The highest BCUT2D eigenvalue weighted by Crippen LogP contribution is 2.35. The number of nitrogens with zero attached hydrogens (tertiary/aromatic N) is 1. The molecule has 2 aromatic rings. The Hall–Kier alpha value is -2.18. The number of nitrogens with one attached hydrogen (secondary N) is 1. The van der Waals surface area contributed by atoms with Crippen LogP contribution in [0.5, 0.6) is 0 Å². The van der Waals surface area contributed by atoms with Gasteiger partial charge in [-0.25, -0.2) is 0 Å². The minimum Gasteiger partial charge on any atom is -0.384 e. The molecule has 28 heavy (non-hydrogen) atoms. The van der Waals surface area contributed by atoms with Crippen LogP contribution in [0.25, 0.3) is 10.4 Å².